The highest BCUT2D eigenvalue weighted by Crippen LogP contribution is 2.49. The van der Waals surface area contributed by atoms with E-state index in [2.05, 4.69) is 122 Å². The molecule has 0 spiro atoms. The molecule has 3 nitrogen and oxygen atoms in total. The summed E-state index contributed by atoms with van der Waals surface area (Å²) in [5.74, 6) is 0.750. The van der Waals surface area contributed by atoms with Crippen LogP contribution in [0.25, 0.3) is 71.6 Å². The molecule has 1 aliphatic rings. The monoisotopic (exact) mass is 561 g/mol. The van der Waals surface area contributed by atoms with Crippen molar-refractivity contribution in [1.29, 1.82) is 5.26 Å². The predicted octanol–water partition coefficient (Wildman–Crippen LogP) is 10.3. The lowest BCUT2D eigenvalue weighted by Gasteiger charge is -2.22. The van der Waals surface area contributed by atoms with Crippen molar-refractivity contribution < 1.29 is 0 Å². The maximum atomic E-state index is 10.1. The number of hydrogen-bond donors (Lipinski definition) is 0. The molecule has 3 heteroatoms. The van der Waals surface area contributed by atoms with Gasteiger partial charge in [0.1, 0.15) is 5.82 Å². The molecule has 0 saturated heterocycles. The van der Waals surface area contributed by atoms with Crippen LogP contribution in [0.1, 0.15) is 30.5 Å². The number of pyridine rings is 1. The molecular weight excluding hydrogens is 534 g/mol. The number of nitrogens with zero attached hydrogens (tertiary/aromatic N) is 3. The zero-order valence-electron chi connectivity index (χ0n) is 24.5. The molecular formula is C41H27N3. The summed E-state index contributed by atoms with van der Waals surface area (Å²) in [6.45, 7) is 4.66. The van der Waals surface area contributed by atoms with Crippen LogP contribution in [0.15, 0.2) is 127 Å². The van der Waals surface area contributed by atoms with Gasteiger partial charge < -0.3 is 0 Å². The van der Waals surface area contributed by atoms with Crippen LogP contribution in [-0.2, 0) is 5.41 Å². The van der Waals surface area contributed by atoms with Gasteiger partial charge in [-0.2, -0.15) is 5.26 Å². The van der Waals surface area contributed by atoms with Gasteiger partial charge in [0, 0.05) is 21.6 Å². The van der Waals surface area contributed by atoms with Gasteiger partial charge in [0.05, 0.1) is 28.2 Å². The summed E-state index contributed by atoms with van der Waals surface area (Å²) in [5, 5.41) is 15.7. The lowest BCUT2D eigenvalue weighted by atomic mass is 9.81. The fourth-order valence-corrected chi connectivity index (χ4v) is 7.47. The smallest absolute Gasteiger partial charge is 0.139 e. The van der Waals surface area contributed by atoms with Crippen molar-refractivity contribution in [2.75, 3.05) is 0 Å². The number of fused-ring (bicyclic) bond motifs is 9. The Morgan fingerprint density at radius 1 is 0.614 bits per heavy atom. The summed E-state index contributed by atoms with van der Waals surface area (Å²) in [4.78, 5) is 5.07. The van der Waals surface area contributed by atoms with Crippen LogP contribution in [0.5, 0.6) is 0 Å². The van der Waals surface area contributed by atoms with E-state index in [1.165, 1.54) is 54.9 Å². The fraction of sp³-hybridized carbons (Fsp3) is 0.0732. The molecule has 0 atom stereocenters. The first-order valence-electron chi connectivity index (χ1n) is 15.0. The molecule has 2 heterocycles. The number of benzene rings is 6. The molecule has 0 amide bonds. The maximum Gasteiger partial charge on any atom is 0.139 e. The van der Waals surface area contributed by atoms with Gasteiger partial charge in [-0.1, -0.05) is 105 Å². The molecule has 0 saturated carbocycles. The quantitative estimate of drug-likeness (QED) is 0.211. The van der Waals surface area contributed by atoms with Crippen LogP contribution in [-0.4, -0.2) is 9.55 Å². The highest BCUT2D eigenvalue weighted by Gasteiger charge is 2.35. The molecule has 0 fully saturated rings. The second-order valence-electron chi connectivity index (χ2n) is 12.3. The van der Waals surface area contributed by atoms with Gasteiger partial charge in [0.15, 0.2) is 0 Å². The van der Waals surface area contributed by atoms with E-state index < -0.39 is 0 Å². The number of hydrogen-bond acceptors (Lipinski definition) is 2. The van der Waals surface area contributed by atoms with Crippen molar-refractivity contribution in [3.05, 3.63) is 144 Å². The van der Waals surface area contributed by atoms with Crippen LogP contribution < -0.4 is 0 Å². The molecule has 2 aromatic heterocycles. The zero-order chi connectivity index (χ0) is 29.6. The van der Waals surface area contributed by atoms with Gasteiger partial charge >= 0.3 is 0 Å². The van der Waals surface area contributed by atoms with E-state index in [9.17, 15) is 5.26 Å². The van der Waals surface area contributed by atoms with Crippen LogP contribution >= 0.6 is 0 Å². The highest BCUT2D eigenvalue weighted by molar-refractivity contribution is 6.21. The van der Waals surface area contributed by atoms with Crippen LogP contribution in [0, 0.1) is 11.3 Å². The fourth-order valence-electron chi connectivity index (χ4n) is 7.47. The van der Waals surface area contributed by atoms with Crippen molar-refractivity contribution in [2.24, 2.45) is 0 Å². The Balaban J connectivity index is 1.32. The molecule has 6 aromatic carbocycles. The first-order chi connectivity index (χ1) is 21.5. The van der Waals surface area contributed by atoms with Crippen LogP contribution in [0.2, 0.25) is 0 Å². The third-order valence-corrected chi connectivity index (χ3v) is 9.62. The molecule has 0 N–H and O–H groups in total. The Morgan fingerprint density at radius 2 is 1.32 bits per heavy atom. The van der Waals surface area contributed by atoms with E-state index in [-0.39, 0.29) is 5.41 Å². The summed E-state index contributed by atoms with van der Waals surface area (Å²) < 4.78 is 2.22. The number of aromatic nitrogens is 2. The third-order valence-electron chi connectivity index (χ3n) is 9.62. The standard InChI is InChI=1S/C41H27N3/c1-41(2)34-13-7-5-12-31(34)32-18-15-27(22-35(32)41)26-17-19-37-33(21-26)40-30-11-4-3-9-25(30)16-20-38(40)44(37)39-23-28(24-42)29-10-6-8-14-36(29)43-39/h3-23H,1-2H3. The van der Waals surface area contributed by atoms with Crippen molar-refractivity contribution in [3.8, 4) is 34.1 Å². The molecule has 1 aliphatic carbocycles. The normalized spacial score (nSPS) is 13.4. The minimum atomic E-state index is -0.0571. The third kappa shape index (κ3) is 3.34. The van der Waals surface area contributed by atoms with Crippen molar-refractivity contribution in [3.63, 3.8) is 0 Å². The lowest BCUT2D eigenvalue weighted by molar-refractivity contribution is 0.660. The Bertz CT molecular complexity index is 2540. The average Bonchev–Trinajstić information content (AvgIpc) is 3.52. The molecule has 0 bridgehead atoms. The molecule has 9 rings (SSSR count). The molecule has 0 radical (unpaired) electrons. The Morgan fingerprint density at radius 3 is 2.20 bits per heavy atom. The maximum absolute atomic E-state index is 10.1. The number of para-hydroxylation sites is 1. The Labute approximate surface area is 255 Å². The summed E-state index contributed by atoms with van der Waals surface area (Å²) in [7, 11) is 0. The van der Waals surface area contributed by atoms with Crippen LogP contribution in [0.3, 0.4) is 0 Å². The largest absolute Gasteiger partial charge is 0.294 e. The Kier molecular flexibility index (Phi) is 5.02. The minimum Gasteiger partial charge on any atom is -0.294 e. The topological polar surface area (TPSA) is 41.6 Å². The van der Waals surface area contributed by atoms with Gasteiger partial charge in [-0.05, 0) is 80.6 Å². The molecule has 206 valence electrons. The van der Waals surface area contributed by atoms with Gasteiger partial charge in [0.2, 0.25) is 0 Å². The number of nitriles is 1. The SMILES string of the molecule is CC1(C)c2ccccc2-c2ccc(-c3ccc4c(c3)c3c5ccccc5ccc3n4-c3cc(C#N)c4ccccc4n3)cc21. The summed E-state index contributed by atoms with van der Waals surface area (Å²) >= 11 is 0. The van der Waals surface area contributed by atoms with Gasteiger partial charge in [-0.3, -0.25) is 4.57 Å². The summed E-state index contributed by atoms with van der Waals surface area (Å²) in [5.41, 5.74) is 11.3. The summed E-state index contributed by atoms with van der Waals surface area (Å²) in [6, 6.07) is 47.7. The van der Waals surface area contributed by atoms with E-state index in [4.69, 9.17) is 4.98 Å². The van der Waals surface area contributed by atoms with Gasteiger partial charge in [-0.25, -0.2) is 4.98 Å². The predicted molar refractivity (Wildman–Crippen MR) is 181 cm³/mol. The van der Waals surface area contributed by atoms with Gasteiger partial charge in [-0.15, -0.1) is 0 Å². The van der Waals surface area contributed by atoms with E-state index >= 15 is 0 Å². The molecule has 44 heavy (non-hydrogen) atoms. The van der Waals surface area contributed by atoms with Crippen LogP contribution in [0.4, 0.5) is 0 Å². The number of rotatable bonds is 2. The van der Waals surface area contributed by atoms with Gasteiger partial charge in [0.25, 0.3) is 0 Å². The van der Waals surface area contributed by atoms with Crippen molar-refractivity contribution >= 4 is 43.5 Å². The first-order valence-corrected chi connectivity index (χ1v) is 15.0. The second-order valence-corrected chi connectivity index (χ2v) is 12.3. The average molecular weight is 562 g/mol. The molecule has 0 aliphatic heterocycles. The highest BCUT2D eigenvalue weighted by atomic mass is 15.1. The second kappa shape index (κ2) is 8.89. The Hall–Kier alpha value is -5.72. The van der Waals surface area contributed by atoms with E-state index in [0.29, 0.717) is 5.56 Å². The molecule has 8 aromatic rings. The van der Waals surface area contributed by atoms with E-state index in [0.717, 1.165) is 27.8 Å². The summed E-state index contributed by atoms with van der Waals surface area (Å²) in [6.07, 6.45) is 0. The van der Waals surface area contributed by atoms with Crippen molar-refractivity contribution in [2.45, 2.75) is 19.3 Å². The molecule has 0 unspecified atom stereocenters. The zero-order valence-corrected chi connectivity index (χ0v) is 24.5. The van der Waals surface area contributed by atoms with E-state index in [1.54, 1.807) is 0 Å². The van der Waals surface area contributed by atoms with E-state index in [1.807, 2.05) is 30.3 Å². The lowest BCUT2D eigenvalue weighted by Crippen LogP contribution is -2.14. The van der Waals surface area contributed by atoms with Crippen molar-refractivity contribution in [1.82, 2.24) is 9.55 Å². The minimum absolute atomic E-state index is 0.0571. The first kappa shape index (κ1) is 24.8.